The summed E-state index contributed by atoms with van der Waals surface area (Å²) in [7, 11) is 0. The fourth-order valence-corrected chi connectivity index (χ4v) is 3.32. The molecule has 0 fully saturated rings. The van der Waals surface area contributed by atoms with Crippen molar-refractivity contribution < 1.29 is 4.79 Å². The van der Waals surface area contributed by atoms with Crippen molar-refractivity contribution in [1.82, 2.24) is 18.7 Å². The van der Waals surface area contributed by atoms with E-state index in [1.165, 1.54) is 11.3 Å². The zero-order chi connectivity index (χ0) is 16.4. The van der Waals surface area contributed by atoms with Crippen LogP contribution in [0.5, 0.6) is 0 Å². The van der Waals surface area contributed by atoms with E-state index >= 15 is 0 Å². The van der Waals surface area contributed by atoms with Gasteiger partial charge in [-0.05, 0) is 24.3 Å². The zero-order valence-electron chi connectivity index (χ0n) is 12.1. The third-order valence-corrected chi connectivity index (χ3v) is 4.47. The number of thiazole rings is 1. The minimum absolute atomic E-state index is 0.291. The highest BCUT2D eigenvalue weighted by atomic mass is 32.1. The number of aromatic nitrogens is 4. The molecule has 4 rings (SSSR count). The Balaban J connectivity index is 1.52. The molecule has 0 saturated carbocycles. The lowest BCUT2D eigenvalue weighted by atomic mass is 10.2. The van der Waals surface area contributed by atoms with E-state index in [-0.39, 0.29) is 5.91 Å². The molecule has 0 unspecified atom stereocenters. The number of pyridine rings is 1. The molecule has 1 amide bonds. The van der Waals surface area contributed by atoms with Gasteiger partial charge in [-0.3, -0.25) is 4.79 Å². The first-order valence-electron chi connectivity index (χ1n) is 6.96. The first kappa shape index (κ1) is 14.7. The summed E-state index contributed by atoms with van der Waals surface area (Å²) >= 11 is 2.45. The molecule has 3 heterocycles. The SMILES string of the molecule is O=C(Nc1cccc2nsnc12)c1csc(Nc2ccccn2)n1. The Labute approximate surface area is 144 Å². The quantitative estimate of drug-likeness (QED) is 0.582. The lowest BCUT2D eigenvalue weighted by Crippen LogP contribution is -2.12. The predicted molar refractivity (Wildman–Crippen MR) is 95.0 cm³/mol. The van der Waals surface area contributed by atoms with Crippen LogP contribution in [0.2, 0.25) is 0 Å². The smallest absolute Gasteiger partial charge is 0.275 e. The van der Waals surface area contributed by atoms with E-state index in [9.17, 15) is 4.79 Å². The number of hydrogen-bond acceptors (Lipinski definition) is 8. The van der Waals surface area contributed by atoms with Crippen LogP contribution in [-0.2, 0) is 0 Å². The standard InChI is InChI=1S/C15H10N6OS2/c22-14(17-9-4-3-5-10-13(9)21-24-20-10)11-8-23-15(18-11)19-12-6-1-2-7-16-12/h1-8H,(H,17,22)(H,16,18,19). The summed E-state index contributed by atoms with van der Waals surface area (Å²) in [6.45, 7) is 0. The van der Waals surface area contributed by atoms with Crippen LogP contribution in [0.15, 0.2) is 48.0 Å². The van der Waals surface area contributed by atoms with Gasteiger partial charge in [0.15, 0.2) is 5.13 Å². The third kappa shape index (κ3) is 2.94. The second-order valence-corrected chi connectivity index (χ2v) is 6.16. The van der Waals surface area contributed by atoms with E-state index in [0.717, 1.165) is 17.2 Å². The van der Waals surface area contributed by atoms with Gasteiger partial charge >= 0.3 is 0 Å². The molecule has 24 heavy (non-hydrogen) atoms. The van der Waals surface area contributed by atoms with E-state index in [2.05, 4.69) is 29.3 Å². The Morgan fingerprint density at radius 3 is 2.92 bits per heavy atom. The van der Waals surface area contributed by atoms with E-state index in [4.69, 9.17) is 0 Å². The molecule has 0 aliphatic rings. The van der Waals surface area contributed by atoms with Crippen LogP contribution in [0.3, 0.4) is 0 Å². The average molecular weight is 354 g/mol. The monoisotopic (exact) mass is 354 g/mol. The van der Waals surface area contributed by atoms with Gasteiger partial charge in [0.2, 0.25) is 0 Å². The van der Waals surface area contributed by atoms with Gasteiger partial charge in [0.25, 0.3) is 5.91 Å². The molecule has 0 radical (unpaired) electrons. The van der Waals surface area contributed by atoms with Gasteiger partial charge in [0.1, 0.15) is 22.5 Å². The highest BCUT2D eigenvalue weighted by Gasteiger charge is 2.14. The molecule has 9 heteroatoms. The number of hydrogen-bond donors (Lipinski definition) is 2. The molecule has 0 spiro atoms. The second-order valence-electron chi connectivity index (χ2n) is 4.77. The van der Waals surface area contributed by atoms with Crippen molar-refractivity contribution in [2.75, 3.05) is 10.6 Å². The number of carbonyl (C=O) groups excluding carboxylic acids is 1. The van der Waals surface area contributed by atoms with Crippen LogP contribution in [-0.4, -0.2) is 24.6 Å². The van der Waals surface area contributed by atoms with Crippen LogP contribution < -0.4 is 10.6 Å². The molecule has 0 bridgehead atoms. The molecule has 3 aromatic heterocycles. The van der Waals surface area contributed by atoms with Gasteiger partial charge < -0.3 is 10.6 Å². The molecular weight excluding hydrogens is 344 g/mol. The van der Waals surface area contributed by atoms with Gasteiger partial charge in [-0.15, -0.1) is 11.3 Å². The fourth-order valence-electron chi connectivity index (χ4n) is 2.08. The summed E-state index contributed by atoms with van der Waals surface area (Å²) in [6, 6.07) is 11.0. The predicted octanol–water partition coefficient (Wildman–Crippen LogP) is 3.54. The highest BCUT2D eigenvalue weighted by Crippen LogP contribution is 2.23. The van der Waals surface area contributed by atoms with E-state index in [1.807, 2.05) is 30.3 Å². The van der Waals surface area contributed by atoms with Gasteiger partial charge in [-0.1, -0.05) is 12.1 Å². The number of carbonyl (C=O) groups is 1. The molecular formula is C15H10N6OS2. The topological polar surface area (TPSA) is 92.7 Å². The lowest BCUT2D eigenvalue weighted by Gasteiger charge is -2.03. The van der Waals surface area contributed by atoms with Gasteiger partial charge in [-0.25, -0.2) is 9.97 Å². The molecule has 2 N–H and O–H groups in total. The Morgan fingerprint density at radius 2 is 2.04 bits per heavy atom. The van der Waals surface area contributed by atoms with E-state index in [1.54, 1.807) is 17.6 Å². The average Bonchev–Trinajstić information content (AvgIpc) is 3.25. The van der Waals surface area contributed by atoms with Crippen LogP contribution in [0, 0.1) is 0 Å². The summed E-state index contributed by atoms with van der Waals surface area (Å²) < 4.78 is 8.36. The molecule has 0 aliphatic carbocycles. The molecule has 0 atom stereocenters. The minimum atomic E-state index is -0.291. The molecule has 118 valence electrons. The summed E-state index contributed by atoms with van der Waals surface area (Å²) in [5.74, 6) is 0.387. The Morgan fingerprint density at radius 1 is 1.08 bits per heavy atom. The van der Waals surface area contributed by atoms with Crippen molar-refractivity contribution in [1.29, 1.82) is 0 Å². The maximum atomic E-state index is 12.4. The maximum Gasteiger partial charge on any atom is 0.275 e. The molecule has 0 aliphatic heterocycles. The van der Waals surface area contributed by atoms with Crippen molar-refractivity contribution in [2.45, 2.75) is 0 Å². The molecule has 4 aromatic rings. The molecule has 1 aromatic carbocycles. The van der Waals surface area contributed by atoms with Crippen molar-refractivity contribution in [3.05, 3.63) is 53.7 Å². The number of benzene rings is 1. The van der Waals surface area contributed by atoms with Crippen molar-refractivity contribution in [3.8, 4) is 0 Å². The largest absolute Gasteiger partial charge is 0.319 e. The number of amides is 1. The Kier molecular flexibility index (Phi) is 3.85. The fraction of sp³-hybridized carbons (Fsp3) is 0. The second kappa shape index (κ2) is 6.30. The van der Waals surface area contributed by atoms with Gasteiger partial charge in [0.05, 0.1) is 17.4 Å². The summed E-state index contributed by atoms with van der Waals surface area (Å²) in [5.41, 5.74) is 2.39. The Hall–Kier alpha value is -2.91. The van der Waals surface area contributed by atoms with E-state index in [0.29, 0.717) is 27.8 Å². The van der Waals surface area contributed by atoms with Gasteiger partial charge in [-0.2, -0.15) is 8.75 Å². The van der Waals surface area contributed by atoms with Crippen molar-refractivity contribution in [2.24, 2.45) is 0 Å². The Bertz CT molecular complexity index is 997. The summed E-state index contributed by atoms with van der Waals surface area (Å²) in [6.07, 6.45) is 1.69. The van der Waals surface area contributed by atoms with E-state index < -0.39 is 0 Å². The summed E-state index contributed by atoms with van der Waals surface area (Å²) in [4.78, 5) is 20.8. The first-order valence-corrected chi connectivity index (χ1v) is 8.57. The zero-order valence-corrected chi connectivity index (χ0v) is 13.8. The van der Waals surface area contributed by atoms with Crippen molar-refractivity contribution >= 4 is 56.6 Å². The summed E-state index contributed by atoms with van der Waals surface area (Å²) in [5, 5.41) is 8.19. The molecule has 0 saturated heterocycles. The normalized spacial score (nSPS) is 10.7. The first-order chi connectivity index (χ1) is 11.8. The van der Waals surface area contributed by atoms with Crippen LogP contribution in [0.25, 0.3) is 11.0 Å². The number of nitrogens with zero attached hydrogens (tertiary/aromatic N) is 4. The van der Waals surface area contributed by atoms with Crippen LogP contribution in [0.4, 0.5) is 16.6 Å². The number of rotatable bonds is 4. The number of fused-ring (bicyclic) bond motifs is 1. The number of nitrogens with one attached hydrogen (secondary N) is 2. The van der Waals surface area contributed by atoms with Gasteiger partial charge in [0, 0.05) is 11.6 Å². The lowest BCUT2D eigenvalue weighted by molar-refractivity contribution is 0.102. The molecule has 7 nitrogen and oxygen atoms in total. The van der Waals surface area contributed by atoms with Crippen LogP contribution >= 0.6 is 23.1 Å². The third-order valence-electron chi connectivity index (χ3n) is 3.17. The van der Waals surface area contributed by atoms with Crippen LogP contribution in [0.1, 0.15) is 10.5 Å². The maximum absolute atomic E-state index is 12.4. The highest BCUT2D eigenvalue weighted by molar-refractivity contribution is 7.14. The number of anilines is 3. The minimum Gasteiger partial charge on any atom is -0.319 e. The van der Waals surface area contributed by atoms with Crippen molar-refractivity contribution in [3.63, 3.8) is 0 Å².